The molecule has 0 atom stereocenters. The molecular formula is C17H16BO5-. The highest BCUT2D eigenvalue weighted by Crippen LogP contribution is 2.36. The number of hydrogen-bond donors (Lipinski definition) is 0. The first-order valence-electron chi connectivity index (χ1n) is 7.80. The second-order valence-electron chi connectivity index (χ2n) is 6.74. The van der Waals surface area contributed by atoms with Crippen molar-refractivity contribution in [2.24, 2.45) is 5.41 Å². The van der Waals surface area contributed by atoms with Crippen molar-refractivity contribution < 1.29 is 22.8 Å². The Kier molecular flexibility index (Phi) is 2.63. The van der Waals surface area contributed by atoms with Crippen LogP contribution in [0.15, 0.2) is 51.3 Å². The van der Waals surface area contributed by atoms with Gasteiger partial charge in [0, 0.05) is 36.3 Å². The molecule has 3 fully saturated rings. The summed E-state index contributed by atoms with van der Waals surface area (Å²) >= 11 is 0. The summed E-state index contributed by atoms with van der Waals surface area (Å²) < 4.78 is 29.4. The topological polar surface area (TPSA) is 54.0 Å². The summed E-state index contributed by atoms with van der Waals surface area (Å²) in [5.41, 5.74) is 1.35. The highest BCUT2D eigenvalue weighted by Gasteiger charge is 2.48. The Balaban J connectivity index is 1.51. The molecule has 0 saturated carbocycles. The van der Waals surface area contributed by atoms with E-state index in [1.165, 1.54) is 0 Å². The minimum atomic E-state index is -1.96. The summed E-state index contributed by atoms with van der Waals surface area (Å²) in [7, 11) is 0. The van der Waals surface area contributed by atoms with Crippen LogP contribution in [0.1, 0.15) is 6.92 Å². The highest BCUT2D eigenvalue weighted by molar-refractivity contribution is 6.74. The van der Waals surface area contributed by atoms with Crippen molar-refractivity contribution in [1.82, 2.24) is 0 Å². The number of hydrogen-bond acceptors (Lipinski definition) is 5. The number of rotatable bonds is 2. The van der Waals surface area contributed by atoms with Gasteiger partial charge in [0.1, 0.15) is 5.58 Å². The van der Waals surface area contributed by atoms with Crippen LogP contribution in [-0.2, 0) is 14.0 Å². The van der Waals surface area contributed by atoms with Crippen LogP contribution in [0.25, 0.3) is 22.5 Å². The van der Waals surface area contributed by atoms with Gasteiger partial charge < -0.3 is 22.8 Å². The molecule has 2 aromatic heterocycles. The van der Waals surface area contributed by atoms with E-state index in [4.69, 9.17) is 22.8 Å². The van der Waals surface area contributed by atoms with Crippen molar-refractivity contribution in [1.29, 1.82) is 0 Å². The second kappa shape index (κ2) is 4.51. The molecule has 3 saturated heterocycles. The van der Waals surface area contributed by atoms with Crippen LogP contribution >= 0.6 is 0 Å². The second-order valence-corrected chi connectivity index (χ2v) is 6.74. The van der Waals surface area contributed by atoms with Crippen LogP contribution in [0.4, 0.5) is 0 Å². The largest absolute Gasteiger partial charge is 0.538 e. The van der Waals surface area contributed by atoms with E-state index in [0.717, 1.165) is 11.0 Å². The van der Waals surface area contributed by atoms with E-state index >= 15 is 0 Å². The average molecular weight is 311 g/mol. The lowest BCUT2D eigenvalue weighted by Gasteiger charge is -2.56. The number of para-hydroxylation sites is 1. The molecule has 0 radical (unpaired) electrons. The third kappa shape index (κ3) is 1.99. The lowest BCUT2D eigenvalue weighted by molar-refractivity contribution is -0.121. The molecule has 118 valence electrons. The maximum absolute atomic E-state index is 5.95. The van der Waals surface area contributed by atoms with Crippen LogP contribution in [0, 0.1) is 5.41 Å². The Morgan fingerprint density at radius 3 is 2.35 bits per heavy atom. The molecule has 3 aliphatic rings. The van der Waals surface area contributed by atoms with Gasteiger partial charge in [-0.15, -0.1) is 0 Å². The lowest BCUT2D eigenvalue weighted by atomic mass is 9.68. The molecule has 5 nitrogen and oxygen atoms in total. The van der Waals surface area contributed by atoms with E-state index < -0.39 is 6.75 Å². The SMILES string of the molecule is CC12CO[B-](c3ccc(-c4cc5ccccc5o4)o3)(OC1)OC2. The first-order valence-corrected chi connectivity index (χ1v) is 7.80. The molecular weight excluding hydrogens is 295 g/mol. The third-order valence-electron chi connectivity index (χ3n) is 4.60. The summed E-state index contributed by atoms with van der Waals surface area (Å²) in [6.45, 7) is 1.98. The minimum absolute atomic E-state index is 0.0579. The molecule has 0 N–H and O–H groups in total. The molecule has 6 heteroatoms. The molecule has 5 heterocycles. The summed E-state index contributed by atoms with van der Waals surface area (Å²) in [5, 5.41) is 1.04. The van der Waals surface area contributed by atoms with E-state index in [9.17, 15) is 0 Å². The molecule has 23 heavy (non-hydrogen) atoms. The van der Waals surface area contributed by atoms with Gasteiger partial charge in [-0.1, -0.05) is 31.2 Å². The zero-order valence-electron chi connectivity index (χ0n) is 12.8. The van der Waals surface area contributed by atoms with Crippen molar-refractivity contribution in [2.75, 3.05) is 19.8 Å². The molecule has 2 bridgehead atoms. The van der Waals surface area contributed by atoms with Gasteiger partial charge in [0.2, 0.25) is 0 Å². The normalized spacial score (nSPS) is 30.1. The van der Waals surface area contributed by atoms with Gasteiger partial charge >= 0.3 is 6.75 Å². The Morgan fingerprint density at radius 2 is 1.61 bits per heavy atom. The van der Waals surface area contributed by atoms with Crippen LogP contribution < -0.4 is 5.66 Å². The molecule has 0 aliphatic carbocycles. The van der Waals surface area contributed by atoms with Crippen molar-refractivity contribution >= 4 is 23.4 Å². The van der Waals surface area contributed by atoms with E-state index in [2.05, 4.69) is 6.92 Å². The van der Waals surface area contributed by atoms with Gasteiger partial charge in [-0.05, 0) is 18.2 Å². The monoisotopic (exact) mass is 311 g/mol. The molecule has 0 unspecified atom stereocenters. The van der Waals surface area contributed by atoms with Crippen LogP contribution in [0.5, 0.6) is 0 Å². The van der Waals surface area contributed by atoms with Gasteiger partial charge in [-0.25, -0.2) is 0 Å². The summed E-state index contributed by atoms with van der Waals surface area (Å²) in [6.07, 6.45) is 0. The van der Waals surface area contributed by atoms with Gasteiger partial charge in [-0.2, -0.15) is 0 Å². The van der Waals surface area contributed by atoms with Crippen molar-refractivity contribution in [3.05, 3.63) is 42.5 Å². The number of benzene rings is 1. The molecule has 0 amide bonds. The maximum Gasteiger partial charge on any atom is 0.444 e. The zero-order chi connectivity index (χ0) is 15.5. The summed E-state index contributed by atoms with van der Waals surface area (Å²) in [6, 6.07) is 13.5. The van der Waals surface area contributed by atoms with Crippen LogP contribution in [-0.4, -0.2) is 26.6 Å². The molecule has 3 aromatic rings. The minimum Gasteiger partial charge on any atom is -0.538 e. The van der Waals surface area contributed by atoms with Crippen LogP contribution in [0.2, 0.25) is 0 Å². The van der Waals surface area contributed by atoms with Gasteiger partial charge in [-0.3, -0.25) is 0 Å². The predicted octanol–water partition coefficient (Wildman–Crippen LogP) is 2.92. The molecule has 3 aliphatic heterocycles. The van der Waals surface area contributed by atoms with Crippen molar-refractivity contribution in [3.8, 4) is 11.5 Å². The van der Waals surface area contributed by atoms with E-state index in [1.807, 2.05) is 42.5 Å². The lowest BCUT2D eigenvalue weighted by Crippen LogP contribution is -2.68. The highest BCUT2D eigenvalue weighted by atomic mass is 16.8. The molecule has 0 spiro atoms. The number of furan rings is 2. The Morgan fingerprint density at radius 1 is 0.870 bits per heavy atom. The van der Waals surface area contributed by atoms with Crippen molar-refractivity contribution in [3.63, 3.8) is 0 Å². The van der Waals surface area contributed by atoms with E-state index in [-0.39, 0.29) is 5.41 Å². The summed E-state index contributed by atoms with van der Waals surface area (Å²) in [5.74, 6) is 1.32. The Labute approximate surface area is 133 Å². The smallest absolute Gasteiger partial charge is 0.444 e. The van der Waals surface area contributed by atoms with Gasteiger partial charge in [0.05, 0.1) is 0 Å². The summed E-state index contributed by atoms with van der Waals surface area (Å²) in [4.78, 5) is 0. The standard InChI is InChI=1S/C17H16BO5/c1-17-9-19-18(20-10-17,21-11-17)16-7-6-14(23-16)15-8-12-4-2-3-5-13(12)22-15/h2-8H,9-11H2,1H3/q-1. The fourth-order valence-corrected chi connectivity index (χ4v) is 3.23. The van der Waals surface area contributed by atoms with Crippen molar-refractivity contribution in [2.45, 2.75) is 6.92 Å². The fourth-order valence-electron chi connectivity index (χ4n) is 3.23. The van der Waals surface area contributed by atoms with E-state index in [0.29, 0.717) is 37.0 Å². The zero-order valence-corrected chi connectivity index (χ0v) is 12.8. The Bertz CT molecular complexity index is 822. The van der Waals surface area contributed by atoms with Gasteiger partial charge in [0.25, 0.3) is 0 Å². The maximum atomic E-state index is 5.95. The average Bonchev–Trinajstić information content (AvgIpc) is 3.23. The van der Waals surface area contributed by atoms with Gasteiger partial charge in [0.15, 0.2) is 11.5 Å². The Hall–Kier alpha value is -2.02. The van der Waals surface area contributed by atoms with E-state index in [1.54, 1.807) is 0 Å². The predicted molar refractivity (Wildman–Crippen MR) is 85.3 cm³/mol. The first-order chi connectivity index (χ1) is 11.2. The molecule has 1 aromatic carbocycles. The quantitative estimate of drug-likeness (QED) is 0.681. The third-order valence-corrected chi connectivity index (χ3v) is 4.60. The fraction of sp³-hybridized carbons (Fsp3) is 0.294. The first kappa shape index (κ1) is 13.4. The number of fused-ring (bicyclic) bond motifs is 4. The van der Waals surface area contributed by atoms with Crippen LogP contribution in [0.3, 0.4) is 0 Å². The molecule has 6 rings (SSSR count).